The maximum absolute atomic E-state index is 13.0. The molecule has 0 aliphatic rings. The SMILES string of the molecule is CCc1c(C(=O)N(CCO)Cc2cccnc2)[nH]c(C)c1C(C)=O. The number of aromatic amines is 1. The average molecular weight is 329 g/mol. The molecule has 0 saturated carbocycles. The van der Waals surface area contributed by atoms with Gasteiger partial charge >= 0.3 is 0 Å². The van der Waals surface area contributed by atoms with Crippen molar-refractivity contribution in [1.29, 1.82) is 0 Å². The zero-order valence-corrected chi connectivity index (χ0v) is 14.3. The summed E-state index contributed by atoms with van der Waals surface area (Å²) in [7, 11) is 0. The zero-order chi connectivity index (χ0) is 17.7. The average Bonchev–Trinajstić information content (AvgIpc) is 2.91. The van der Waals surface area contributed by atoms with E-state index in [0.717, 1.165) is 11.1 Å². The van der Waals surface area contributed by atoms with Crippen LogP contribution in [0.5, 0.6) is 0 Å². The number of ketones is 1. The normalized spacial score (nSPS) is 10.7. The van der Waals surface area contributed by atoms with Crippen LogP contribution < -0.4 is 0 Å². The van der Waals surface area contributed by atoms with Crippen LogP contribution in [0.2, 0.25) is 0 Å². The van der Waals surface area contributed by atoms with Gasteiger partial charge < -0.3 is 15.0 Å². The third-order valence-corrected chi connectivity index (χ3v) is 3.96. The van der Waals surface area contributed by atoms with Crippen molar-refractivity contribution in [1.82, 2.24) is 14.9 Å². The van der Waals surface area contributed by atoms with E-state index < -0.39 is 0 Å². The number of aliphatic hydroxyl groups is 1. The van der Waals surface area contributed by atoms with E-state index in [4.69, 9.17) is 0 Å². The van der Waals surface area contributed by atoms with Crippen LogP contribution in [0.15, 0.2) is 24.5 Å². The lowest BCUT2D eigenvalue weighted by atomic mass is 10.0. The van der Waals surface area contributed by atoms with Crippen LogP contribution in [0.3, 0.4) is 0 Å². The molecule has 24 heavy (non-hydrogen) atoms. The fourth-order valence-electron chi connectivity index (χ4n) is 2.93. The quantitative estimate of drug-likeness (QED) is 0.762. The number of carbonyl (C=O) groups is 2. The molecule has 2 heterocycles. The molecule has 0 spiro atoms. The van der Waals surface area contributed by atoms with E-state index >= 15 is 0 Å². The third-order valence-electron chi connectivity index (χ3n) is 3.96. The van der Waals surface area contributed by atoms with E-state index in [9.17, 15) is 14.7 Å². The number of aryl methyl sites for hydroxylation is 1. The van der Waals surface area contributed by atoms with Crippen LogP contribution >= 0.6 is 0 Å². The van der Waals surface area contributed by atoms with Crippen LogP contribution in [-0.4, -0.2) is 44.8 Å². The predicted molar refractivity (Wildman–Crippen MR) is 91.0 cm³/mol. The molecule has 2 rings (SSSR count). The van der Waals surface area contributed by atoms with Gasteiger partial charge in [-0.25, -0.2) is 0 Å². The van der Waals surface area contributed by atoms with Crippen molar-refractivity contribution in [3.8, 4) is 0 Å². The van der Waals surface area contributed by atoms with Crippen LogP contribution in [-0.2, 0) is 13.0 Å². The van der Waals surface area contributed by atoms with Gasteiger partial charge in [0.25, 0.3) is 5.91 Å². The Hall–Kier alpha value is -2.47. The van der Waals surface area contributed by atoms with Crippen LogP contribution in [0, 0.1) is 6.92 Å². The van der Waals surface area contributed by atoms with Gasteiger partial charge in [-0.3, -0.25) is 14.6 Å². The lowest BCUT2D eigenvalue weighted by Gasteiger charge is -2.22. The summed E-state index contributed by atoms with van der Waals surface area (Å²) in [4.78, 5) is 33.5. The highest BCUT2D eigenvalue weighted by atomic mass is 16.3. The van der Waals surface area contributed by atoms with Crippen molar-refractivity contribution >= 4 is 11.7 Å². The van der Waals surface area contributed by atoms with Gasteiger partial charge in [-0.05, 0) is 37.5 Å². The molecule has 2 aromatic rings. The molecule has 6 heteroatoms. The summed E-state index contributed by atoms with van der Waals surface area (Å²) in [5.41, 5.74) is 3.34. The highest BCUT2D eigenvalue weighted by molar-refractivity contribution is 6.02. The van der Waals surface area contributed by atoms with E-state index in [1.165, 1.54) is 6.92 Å². The minimum atomic E-state index is -0.222. The number of hydrogen-bond acceptors (Lipinski definition) is 4. The molecule has 0 unspecified atom stereocenters. The second-order valence-electron chi connectivity index (χ2n) is 5.70. The van der Waals surface area contributed by atoms with E-state index in [-0.39, 0.29) is 24.8 Å². The van der Waals surface area contributed by atoms with Gasteiger partial charge in [0, 0.05) is 36.7 Å². The van der Waals surface area contributed by atoms with Crippen LogP contribution in [0.4, 0.5) is 0 Å². The van der Waals surface area contributed by atoms with Crippen molar-refractivity contribution in [2.75, 3.05) is 13.2 Å². The lowest BCUT2D eigenvalue weighted by Crippen LogP contribution is -2.34. The highest BCUT2D eigenvalue weighted by Gasteiger charge is 2.25. The van der Waals surface area contributed by atoms with Crippen molar-refractivity contribution in [2.24, 2.45) is 0 Å². The Morgan fingerprint density at radius 2 is 2.12 bits per heavy atom. The fourth-order valence-corrected chi connectivity index (χ4v) is 2.93. The number of rotatable bonds is 7. The molecule has 0 aliphatic heterocycles. The predicted octanol–water partition coefficient (Wildman–Crippen LogP) is 2.12. The zero-order valence-electron chi connectivity index (χ0n) is 14.3. The largest absolute Gasteiger partial charge is 0.395 e. The maximum atomic E-state index is 13.0. The molecule has 2 N–H and O–H groups in total. The number of hydrogen-bond donors (Lipinski definition) is 2. The molecular formula is C18H23N3O3. The minimum absolute atomic E-state index is 0.0550. The van der Waals surface area contributed by atoms with Crippen molar-refractivity contribution < 1.29 is 14.7 Å². The number of nitrogens with zero attached hydrogens (tertiary/aromatic N) is 2. The van der Waals surface area contributed by atoms with Crippen LogP contribution in [0.25, 0.3) is 0 Å². The number of H-pyrrole nitrogens is 1. The van der Waals surface area contributed by atoms with E-state index in [2.05, 4.69) is 9.97 Å². The van der Waals surface area contributed by atoms with E-state index in [1.807, 2.05) is 13.0 Å². The number of amides is 1. The summed E-state index contributed by atoms with van der Waals surface area (Å²) >= 11 is 0. The van der Waals surface area contributed by atoms with Crippen molar-refractivity contribution in [3.05, 3.63) is 52.6 Å². The number of Topliss-reactive ketones (excluding diaryl/α,β-unsaturated/α-hetero) is 1. The van der Waals surface area contributed by atoms with Gasteiger partial charge in [-0.15, -0.1) is 0 Å². The Morgan fingerprint density at radius 1 is 1.38 bits per heavy atom. The summed E-state index contributed by atoms with van der Waals surface area (Å²) < 4.78 is 0. The number of carbonyl (C=O) groups excluding carboxylic acids is 2. The number of aromatic nitrogens is 2. The Kier molecular flexibility index (Phi) is 5.87. The van der Waals surface area contributed by atoms with E-state index in [0.29, 0.717) is 29.9 Å². The van der Waals surface area contributed by atoms with Gasteiger partial charge in [0.2, 0.25) is 0 Å². The Labute approximate surface area is 141 Å². The first kappa shape index (κ1) is 17.9. The second-order valence-corrected chi connectivity index (χ2v) is 5.70. The molecule has 0 saturated heterocycles. The standard InChI is InChI=1S/C18H23N3O3/c1-4-15-16(13(3)23)12(2)20-17(15)18(24)21(8-9-22)11-14-6-5-7-19-10-14/h5-7,10,20,22H,4,8-9,11H2,1-3H3. The second kappa shape index (κ2) is 7.88. The van der Waals surface area contributed by atoms with Gasteiger partial charge in [-0.2, -0.15) is 0 Å². The van der Waals surface area contributed by atoms with E-state index in [1.54, 1.807) is 30.3 Å². The maximum Gasteiger partial charge on any atom is 0.270 e. The summed E-state index contributed by atoms with van der Waals surface area (Å²) in [6, 6.07) is 3.69. The number of aliphatic hydroxyl groups excluding tert-OH is 1. The van der Waals surface area contributed by atoms with Gasteiger partial charge in [0.15, 0.2) is 5.78 Å². The fraction of sp³-hybridized carbons (Fsp3) is 0.389. The Balaban J connectivity index is 2.36. The smallest absolute Gasteiger partial charge is 0.270 e. The van der Waals surface area contributed by atoms with Crippen molar-refractivity contribution in [2.45, 2.75) is 33.7 Å². The Bertz CT molecular complexity index is 723. The molecule has 2 aromatic heterocycles. The van der Waals surface area contributed by atoms with Gasteiger partial charge in [0.1, 0.15) is 5.69 Å². The number of pyridine rings is 1. The first-order chi connectivity index (χ1) is 11.5. The molecule has 0 aromatic carbocycles. The number of nitrogens with one attached hydrogen (secondary N) is 1. The highest BCUT2D eigenvalue weighted by Crippen LogP contribution is 2.22. The van der Waals surface area contributed by atoms with Crippen molar-refractivity contribution in [3.63, 3.8) is 0 Å². The molecule has 0 bridgehead atoms. The summed E-state index contributed by atoms with van der Waals surface area (Å²) in [6.45, 7) is 5.65. The molecule has 0 radical (unpaired) electrons. The molecule has 128 valence electrons. The molecule has 0 atom stereocenters. The molecule has 0 fully saturated rings. The van der Waals surface area contributed by atoms with Gasteiger partial charge in [0.05, 0.1) is 6.61 Å². The first-order valence-electron chi connectivity index (χ1n) is 8.01. The topological polar surface area (TPSA) is 86.3 Å². The third kappa shape index (κ3) is 3.71. The summed E-state index contributed by atoms with van der Waals surface area (Å²) in [5, 5.41) is 9.31. The minimum Gasteiger partial charge on any atom is -0.395 e. The molecular weight excluding hydrogens is 306 g/mol. The monoisotopic (exact) mass is 329 g/mol. The lowest BCUT2D eigenvalue weighted by molar-refractivity contribution is 0.0701. The molecule has 6 nitrogen and oxygen atoms in total. The first-order valence-corrected chi connectivity index (χ1v) is 8.01. The van der Waals surface area contributed by atoms with Gasteiger partial charge in [-0.1, -0.05) is 13.0 Å². The summed E-state index contributed by atoms with van der Waals surface area (Å²) in [5.74, 6) is -0.277. The van der Waals surface area contributed by atoms with Crippen LogP contribution in [0.1, 0.15) is 51.5 Å². The summed E-state index contributed by atoms with van der Waals surface area (Å²) in [6.07, 6.45) is 3.95. The Morgan fingerprint density at radius 3 is 2.67 bits per heavy atom. The molecule has 1 amide bonds. The molecule has 0 aliphatic carbocycles.